The van der Waals surface area contributed by atoms with Crippen LogP contribution >= 0.6 is 0 Å². The Kier molecular flexibility index (Phi) is 6.27. The first-order valence-electron chi connectivity index (χ1n) is 10.2. The van der Waals surface area contributed by atoms with Crippen molar-refractivity contribution < 1.29 is 8.42 Å². The van der Waals surface area contributed by atoms with E-state index in [-0.39, 0.29) is 6.98 Å². The molecule has 1 aromatic rings. The predicted molar refractivity (Wildman–Crippen MR) is 121 cm³/mol. The minimum absolute atomic E-state index is 0.265. The average Bonchev–Trinajstić information content (AvgIpc) is 3.12. The Morgan fingerprint density at radius 1 is 1.11 bits per heavy atom. The molecule has 0 N–H and O–H groups in total. The largest absolute Gasteiger partial charge is 0.338 e. The molecule has 3 rings (SSSR count). The van der Waals surface area contributed by atoms with Crippen LogP contribution in [0.5, 0.6) is 0 Å². The molecule has 2 saturated heterocycles. The van der Waals surface area contributed by atoms with Crippen LogP contribution in [0, 0.1) is 12.8 Å². The van der Waals surface area contributed by atoms with E-state index in [1.165, 1.54) is 5.57 Å². The Hall–Kier alpha value is -0.928. The molecule has 0 spiro atoms. The fourth-order valence-corrected chi connectivity index (χ4v) is 7.63. The zero-order valence-electron chi connectivity index (χ0n) is 18.1. The lowest BCUT2D eigenvalue weighted by molar-refractivity contribution is 0.463. The van der Waals surface area contributed by atoms with Gasteiger partial charge in [-0.15, -0.1) is 0 Å². The highest BCUT2D eigenvalue weighted by Crippen LogP contribution is 2.34. The average molecular weight is 419 g/mol. The first-order chi connectivity index (χ1) is 13.0. The number of aryl methyl sites for hydroxylation is 1. The Morgan fingerprint density at radius 3 is 2.21 bits per heavy atom. The lowest BCUT2D eigenvalue weighted by atomic mass is 9.71. The number of hydrogen-bond donors (Lipinski definition) is 0. The summed E-state index contributed by atoms with van der Waals surface area (Å²) in [6, 6.07) is 8.35. The van der Waals surface area contributed by atoms with Gasteiger partial charge < -0.3 is 9.62 Å². The number of sulfonamides is 1. The summed E-state index contributed by atoms with van der Waals surface area (Å²) >= 11 is 0. The first kappa shape index (κ1) is 21.8. The van der Waals surface area contributed by atoms with Crippen LogP contribution in [0.1, 0.15) is 5.56 Å². The van der Waals surface area contributed by atoms with Crippen molar-refractivity contribution in [2.24, 2.45) is 5.92 Å². The van der Waals surface area contributed by atoms with Gasteiger partial charge in [-0.2, -0.15) is 4.31 Å². The van der Waals surface area contributed by atoms with E-state index in [1.807, 2.05) is 19.1 Å². The summed E-state index contributed by atoms with van der Waals surface area (Å²) in [5.74, 6) is 2.66. The third-order valence-corrected chi connectivity index (χ3v) is 9.44. The Labute approximate surface area is 172 Å². The standard InChI is InChI=1S/C20H34BN3O2SSi/c1-17-7-9-20(10-8-17)27(25,26)24-14-18(19(15-24)16-28(4,5)6)13-21-22(2)11-12-23(21)3/h7-10,13,19H,11-12,14-16H2,1-6H3. The van der Waals surface area contributed by atoms with Crippen molar-refractivity contribution in [1.82, 2.24) is 13.9 Å². The summed E-state index contributed by atoms with van der Waals surface area (Å²) in [5, 5.41) is 0. The van der Waals surface area contributed by atoms with Gasteiger partial charge in [-0.25, -0.2) is 8.42 Å². The zero-order valence-corrected chi connectivity index (χ0v) is 20.0. The quantitative estimate of drug-likeness (QED) is 0.689. The Morgan fingerprint density at radius 2 is 1.68 bits per heavy atom. The van der Waals surface area contributed by atoms with Gasteiger partial charge >= 0.3 is 6.98 Å². The molecule has 0 aromatic heterocycles. The van der Waals surface area contributed by atoms with Gasteiger partial charge in [0.15, 0.2) is 0 Å². The molecular weight excluding hydrogens is 385 g/mol. The van der Waals surface area contributed by atoms with E-state index >= 15 is 0 Å². The molecule has 2 heterocycles. The molecule has 2 aliphatic rings. The molecular formula is C20H34BN3O2SSi. The maximum Gasteiger partial charge on any atom is 0.338 e. The van der Waals surface area contributed by atoms with E-state index in [0.29, 0.717) is 23.9 Å². The number of rotatable bonds is 5. The fourth-order valence-electron chi connectivity index (χ4n) is 4.29. The van der Waals surface area contributed by atoms with E-state index in [4.69, 9.17) is 0 Å². The van der Waals surface area contributed by atoms with Gasteiger partial charge in [0.1, 0.15) is 0 Å². The summed E-state index contributed by atoms with van der Waals surface area (Å²) < 4.78 is 28.2. The summed E-state index contributed by atoms with van der Waals surface area (Å²) in [5.41, 5.74) is 2.37. The van der Waals surface area contributed by atoms with Gasteiger partial charge in [-0.1, -0.05) is 48.9 Å². The highest BCUT2D eigenvalue weighted by Gasteiger charge is 2.39. The van der Waals surface area contributed by atoms with Crippen LogP contribution in [-0.4, -0.2) is 77.7 Å². The van der Waals surface area contributed by atoms with Crippen LogP contribution in [-0.2, 0) is 10.0 Å². The molecule has 2 fully saturated rings. The van der Waals surface area contributed by atoms with E-state index < -0.39 is 18.1 Å². The number of likely N-dealkylation sites (N-methyl/N-ethyl adjacent to an activating group) is 2. The summed E-state index contributed by atoms with van der Waals surface area (Å²) in [6.07, 6.45) is 0. The topological polar surface area (TPSA) is 43.9 Å². The van der Waals surface area contributed by atoms with Crippen molar-refractivity contribution in [3.63, 3.8) is 0 Å². The first-order valence-corrected chi connectivity index (χ1v) is 15.3. The molecule has 0 saturated carbocycles. The van der Waals surface area contributed by atoms with E-state index in [9.17, 15) is 8.42 Å². The fraction of sp³-hybridized carbons (Fsp3) is 0.600. The second kappa shape index (κ2) is 8.07. The molecule has 28 heavy (non-hydrogen) atoms. The second-order valence-electron chi connectivity index (χ2n) is 9.69. The minimum atomic E-state index is -3.46. The molecule has 1 atom stereocenters. The van der Waals surface area contributed by atoms with Crippen LogP contribution in [0.15, 0.2) is 40.7 Å². The second-order valence-corrected chi connectivity index (χ2v) is 17.2. The van der Waals surface area contributed by atoms with Crippen molar-refractivity contribution in [2.75, 3.05) is 40.3 Å². The SMILES string of the molecule is Cc1ccc(S(=O)(=O)N2CC(=CB3N(C)CCN3C)C(C[Si](C)(C)C)C2)cc1. The van der Waals surface area contributed by atoms with Crippen molar-refractivity contribution in [2.45, 2.75) is 37.5 Å². The van der Waals surface area contributed by atoms with Gasteiger partial charge in [-0.05, 0) is 45.1 Å². The van der Waals surface area contributed by atoms with Crippen molar-refractivity contribution >= 4 is 25.1 Å². The zero-order chi connectivity index (χ0) is 20.7. The maximum absolute atomic E-state index is 13.3. The van der Waals surface area contributed by atoms with Gasteiger partial charge in [0.05, 0.1) is 4.90 Å². The molecule has 5 nitrogen and oxygen atoms in total. The Balaban J connectivity index is 1.90. The molecule has 0 aliphatic carbocycles. The molecule has 154 valence electrons. The van der Waals surface area contributed by atoms with E-state index in [2.05, 4.69) is 49.3 Å². The number of nitrogens with zero attached hydrogens (tertiary/aromatic N) is 3. The lowest BCUT2D eigenvalue weighted by Gasteiger charge is -2.23. The number of benzene rings is 1. The number of hydrogen-bond acceptors (Lipinski definition) is 4. The van der Waals surface area contributed by atoms with Gasteiger partial charge in [-0.3, -0.25) is 0 Å². The van der Waals surface area contributed by atoms with Crippen molar-refractivity contribution in [3.8, 4) is 0 Å². The normalized spacial score (nSPS) is 24.6. The van der Waals surface area contributed by atoms with Crippen LogP contribution in [0.3, 0.4) is 0 Å². The molecule has 0 bridgehead atoms. The van der Waals surface area contributed by atoms with Gasteiger partial charge in [0.2, 0.25) is 10.0 Å². The molecule has 0 radical (unpaired) electrons. The van der Waals surface area contributed by atoms with Crippen LogP contribution in [0.25, 0.3) is 0 Å². The summed E-state index contributed by atoms with van der Waals surface area (Å²) in [6.45, 7) is 12.6. The predicted octanol–water partition coefficient (Wildman–Crippen LogP) is 2.78. The highest BCUT2D eigenvalue weighted by atomic mass is 32.2. The third kappa shape index (κ3) is 4.79. The molecule has 0 amide bonds. The third-order valence-electron chi connectivity index (χ3n) is 5.90. The molecule has 1 unspecified atom stereocenters. The monoisotopic (exact) mass is 419 g/mol. The smallest absolute Gasteiger partial charge is 0.326 e. The summed E-state index contributed by atoms with van der Waals surface area (Å²) in [7, 11) is -0.481. The lowest BCUT2D eigenvalue weighted by Crippen LogP contribution is -2.39. The van der Waals surface area contributed by atoms with Gasteiger partial charge in [0.25, 0.3) is 0 Å². The van der Waals surface area contributed by atoms with Crippen LogP contribution < -0.4 is 0 Å². The van der Waals surface area contributed by atoms with Crippen molar-refractivity contribution in [3.05, 3.63) is 41.4 Å². The molecule has 2 aliphatic heterocycles. The van der Waals surface area contributed by atoms with Gasteiger partial charge in [0, 0.05) is 34.3 Å². The minimum Gasteiger partial charge on any atom is -0.326 e. The van der Waals surface area contributed by atoms with Crippen LogP contribution in [0.4, 0.5) is 0 Å². The molecule has 1 aromatic carbocycles. The maximum atomic E-state index is 13.3. The van der Waals surface area contributed by atoms with E-state index in [0.717, 1.165) is 24.7 Å². The molecule has 8 heteroatoms. The Bertz CT molecular complexity index is 826. The highest BCUT2D eigenvalue weighted by molar-refractivity contribution is 7.89. The summed E-state index contributed by atoms with van der Waals surface area (Å²) in [4.78, 5) is 5.09. The van der Waals surface area contributed by atoms with Crippen molar-refractivity contribution in [1.29, 1.82) is 0 Å². The van der Waals surface area contributed by atoms with E-state index in [1.54, 1.807) is 16.4 Å². The van der Waals surface area contributed by atoms with Crippen LogP contribution in [0.2, 0.25) is 25.7 Å².